The van der Waals surface area contributed by atoms with Crippen LogP contribution in [0.4, 0.5) is 0 Å². The molecule has 2 saturated carbocycles. The lowest BCUT2D eigenvalue weighted by atomic mass is 9.86. The standard InChI is InChI=1S/C14H23NO3/c1-2-3-12(14(17)18)15-13(16)8-11-7-9-4-5-10(11)6-9/h9-12H,2-8H2,1H3,(H,15,16)(H,17,18)/t9?,10?,11?,12-/m1/s1. The lowest BCUT2D eigenvalue weighted by molar-refractivity contribution is -0.142. The van der Waals surface area contributed by atoms with Gasteiger partial charge in [-0.05, 0) is 43.4 Å². The number of rotatable bonds is 6. The van der Waals surface area contributed by atoms with E-state index in [1.54, 1.807) is 0 Å². The number of aliphatic carboxylic acids is 1. The van der Waals surface area contributed by atoms with Crippen molar-refractivity contribution in [2.24, 2.45) is 17.8 Å². The van der Waals surface area contributed by atoms with Crippen molar-refractivity contribution in [3.63, 3.8) is 0 Å². The summed E-state index contributed by atoms with van der Waals surface area (Å²) in [6.45, 7) is 1.93. The summed E-state index contributed by atoms with van der Waals surface area (Å²) >= 11 is 0. The summed E-state index contributed by atoms with van der Waals surface area (Å²) in [7, 11) is 0. The average Bonchev–Trinajstić information content (AvgIpc) is 2.90. The molecule has 0 radical (unpaired) electrons. The largest absolute Gasteiger partial charge is 0.480 e. The lowest BCUT2D eigenvalue weighted by Crippen LogP contribution is -2.41. The normalized spacial score (nSPS) is 31.3. The molecule has 0 aromatic rings. The minimum atomic E-state index is -0.918. The molecule has 2 aliphatic rings. The number of carboxylic acids is 1. The van der Waals surface area contributed by atoms with E-state index in [0.29, 0.717) is 18.8 Å². The Balaban J connectivity index is 1.79. The smallest absolute Gasteiger partial charge is 0.326 e. The van der Waals surface area contributed by atoms with Crippen LogP contribution in [0.2, 0.25) is 0 Å². The monoisotopic (exact) mass is 253 g/mol. The first-order valence-corrected chi connectivity index (χ1v) is 7.12. The number of amides is 1. The number of fused-ring (bicyclic) bond motifs is 2. The van der Waals surface area contributed by atoms with Crippen molar-refractivity contribution in [2.45, 2.75) is 57.9 Å². The van der Waals surface area contributed by atoms with E-state index in [1.165, 1.54) is 25.7 Å². The Morgan fingerprint density at radius 1 is 1.33 bits per heavy atom. The fraction of sp³-hybridized carbons (Fsp3) is 0.857. The number of carboxylic acid groups (broad SMARTS) is 1. The molecule has 3 unspecified atom stereocenters. The van der Waals surface area contributed by atoms with Crippen LogP contribution in [-0.2, 0) is 9.59 Å². The van der Waals surface area contributed by atoms with E-state index in [4.69, 9.17) is 5.11 Å². The van der Waals surface area contributed by atoms with Gasteiger partial charge in [0.25, 0.3) is 0 Å². The van der Waals surface area contributed by atoms with E-state index < -0.39 is 12.0 Å². The molecular formula is C14H23NO3. The van der Waals surface area contributed by atoms with Crippen molar-refractivity contribution in [3.8, 4) is 0 Å². The van der Waals surface area contributed by atoms with Crippen LogP contribution in [0.25, 0.3) is 0 Å². The molecule has 102 valence electrons. The Kier molecular flexibility index (Phi) is 4.25. The van der Waals surface area contributed by atoms with Crippen molar-refractivity contribution < 1.29 is 14.7 Å². The molecule has 4 nitrogen and oxygen atoms in total. The molecule has 2 bridgehead atoms. The second-order valence-electron chi connectivity index (χ2n) is 5.89. The van der Waals surface area contributed by atoms with Gasteiger partial charge < -0.3 is 10.4 Å². The molecule has 1 amide bonds. The van der Waals surface area contributed by atoms with Gasteiger partial charge in [-0.15, -0.1) is 0 Å². The SMILES string of the molecule is CCC[C@@H](NC(=O)CC1CC2CCC1C2)C(=O)O. The molecule has 0 saturated heterocycles. The molecule has 18 heavy (non-hydrogen) atoms. The summed E-state index contributed by atoms with van der Waals surface area (Å²) in [6, 6.07) is -0.707. The molecule has 2 fully saturated rings. The Morgan fingerprint density at radius 3 is 2.61 bits per heavy atom. The molecule has 0 aromatic carbocycles. The van der Waals surface area contributed by atoms with Crippen LogP contribution in [0, 0.1) is 17.8 Å². The van der Waals surface area contributed by atoms with Gasteiger partial charge in [-0.1, -0.05) is 19.8 Å². The second kappa shape index (κ2) is 5.72. The molecule has 2 rings (SSSR count). The minimum Gasteiger partial charge on any atom is -0.480 e. The molecule has 2 aliphatic carbocycles. The molecular weight excluding hydrogens is 230 g/mol. The van der Waals surface area contributed by atoms with E-state index >= 15 is 0 Å². The van der Waals surface area contributed by atoms with Crippen LogP contribution in [0.15, 0.2) is 0 Å². The van der Waals surface area contributed by atoms with Crippen LogP contribution < -0.4 is 5.32 Å². The third-order valence-corrected chi connectivity index (χ3v) is 4.54. The maximum absolute atomic E-state index is 11.9. The quantitative estimate of drug-likeness (QED) is 0.762. The third kappa shape index (κ3) is 3.03. The van der Waals surface area contributed by atoms with Gasteiger partial charge in [0.15, 0.2) is 0 Å². The van der Waals surface area contributed by atoms with E-state index in [1.807, 2.05) is 6.92 Å². The van der Waals surface area contributed by atoms with Crippen LogP contribution >= 0.6 is 0 Å². The Bertz CT molecular complexity index is 329. The average molecular weight is 253 g/mol. The Hall–Kier alpha value is -1.06. The molecule has 2 N–H and O–H groups in total. The predicted octanol–water partition coefficient (Wildman–Crippen LogP) is 2.18. The van der Waals surface area contributed by atoms with E-state index in [2.05, 4.69) is 5.32 Å². The number of hydrogen-bond acceptors (Lipinski definition) is 2. The van der Waals surface area contributed by atoms with Gasteiger partial charge in [0, 0.05) is 6.42 Å². The first-order chi connectivity index (χ1) is 8.60. The highest BCUT2D eigenvalue weighted by Crippen LogP contribution is 2.49. The number of nitrogens with one attached hydrogen (secondary N) is 1. The van der Waals surface area contributed by atoms with E-state index in [9.17, 15) is 9.59 Å². The van der Waals surface area contributed by atoms with Crippen LogP contribution in [-0.4, -0.2) is 23.0 Å². The van der Waals surface area contributed by atoms with Crippen molar-refractivity contribution in [1.29, 1.82) is 0 Å². The highest BCUT2D eigenvalue weighted by Gasteiger charge is 2.40. The first-order valence-electron chi connectivity index (χ1n) is 7.12. The molecule has 0 aromatic heterocycles. The molecule has 4 heteroatoms. The molecule has 0 heterocycles. The second-order valence-corrected chi connectivity index (χ2v) is 5.89. The van der Waals surface area contributed by atoms with Crippen molar-refractivity contribution in [3.05, 3.63) is 0 Å². The summed E-state index contributed by atoms with van der Waals surface area (Å²) in [5.41, 5.74) is 0. The van der Waals surface area contributed by atoms with Gasteiger partial charge in [-0.25, -0.2) is 4.79 Å². The summed E-state index contributed by atoms with van der Waals surface area (Å²) in [4.78, 5) is 22.9. The molecule has 0 spiro atoms. The maximum atomic E-state index is 11.9. The van der Waals surface area contributed by atoms with Crippen LogP contribution in [0.1, 0.15) is 51.9 Å². The summed E-state index contributed by atoms with van der Waals surface area (Å²) in [5, 5.41) is 11.7. The zero-order valence-corrected chi connectivity index (χ0v) is 11.0. The van der Waals surface area contributed by atoms with Gasteiger partial charge in [-0.3, -0.25) is 4.79 Å². The highest BCUT2D eigenvalue weighted by molar-refractivity contribution is 5.83. The van der Waals surface area contributed by atoms with Gasteiger partial charge >= 0.3 is 5.97 Å². The lowest BCUT2D eigenvalue weighted by Gasteiger charge is -2.22. The van der Waals surface area contributed by atoms with Crippen LogP contribution in [0.5, 0.6) is 0 Å². The van der Waals surface area contributed by atoms with Crippen LogP contribution in [0.3, 0.4) is 0 Å². The van der Waals surface area contributed by atoms with Gasteiger partial charge in [0.2, 0.25) is 5.91 Å². The van der Waals surface area contributed by atoms with E-state index in [0.717, 1.165) is 18.3 Å². The van der Waals surface area contributed by atoms with Crippen molar-refractivity contribution in [2.75, 3.05) is 0 Å². The molecule has 0 aliphatic heterocycles. The zero-order chi connectivity index (χ0) is 13.1. The fourth-order valence-corrected chi connectivity index (χ4v) is 3.66. The number of carbonyl (C=O) groups excluding carboxylic acids is 1. The first kappa shape index (κ1) is 13.4. The number of hydrogen-bond donors (Lipinski definition) is 2. The van der Waals surface area contributed by atoms with Gasteiger partial charge in [-0.2, -0.15) is 0 Å². The van der Waals surface area contributed by atoms with Gasteiger partial charge in [0.1, 0.15) is 6.04 Å². The van der Waals surface area contributed by atoms with Gasteiger partial charge in [0.05, 0.1) is 0 Å². The maximum Gasteiger partial charge on any atom is 0.326 e. The fourth-order valence-electron chi connectivity index (χ4n) is 3.66. The highest BCUT2D eigenvalue weighted by atomic mass is 16.4. The summed E-state index contributed by atoms with van der Waals surface area (Å²) in [6.07, 6.45) is 6.85. The third-order valence-electron chi connectivity index (χ3n) is 4.54. The predicted molar refractivity (Wildman–Crippen MR) is 68.0 cm³/mol. The van der Waals surface area contributed by atoms with Crippen molar-refractivity contribution >= 4 is 11.9 Å². The summed E-state index contributed by atoms with van der Waals surface area (Å²) < 4.78 is 0. The Morgan fingerprint density at radius 2 is 2.11 bits per heavy atom. The zero-order valence-electron chi connectivity index (χ0n) is 11.0. The minimum absolute atomic E-state index is 0.0756. The topological polar surface area (TPSA) is 66.4 Å². The van der Waals surface area contributed by atoms with Crippen molar-refractivity contribution in [1.82, 2.24) is 5.32 Å². The summed E-state index contributed by atoms with van der Waals surface area (Å²) in [5.74, 6) is 1.06. The van der Waals surface area contributed by atoms with E-state index in [-0.39, 0.29) is 5.91 Å². The molecule has 4 atom stereocenters. The number of carbonyl (C=O) groups is 2. The Labute approximate surface area is 108 Å².